The third kappa shape index (κ3) is 2.78. The van der Waals surface area contributed by atoms with Crippen molar-refractivity contribution in [2.75, 3.05) is 0 Å². The van der Waals surface area contributed by atoms with E-state index in [2.05, 4.69) is 14.9 Å². The van der Waals surface area contributed by atoms with Crippen LogP contribution in [0.2, 0.25) is 0 Å². The van der Waals surface area contributed by atoms with Crippen LogP contribution in [0.4, 0.5) is 0 Å². The second kappa shape index (κ2) is 5.29. The number of amides is 1. The first-order valence-corrected chi connectivity index (χ1v) is 5.03. The first-order valence-electron chi connectivity index (χ1n) is 4.25. The van der Waals surface area contributed by atoms with Crippen LogP contribution in [0.15, 0.2) is 6.20 Å². The number of carbonyl (C=O) groups excluding carboxylic acids is 1. The monoisotopic (exact) mass is 210 g/mol. The van der Waals surface area contributed by atoms with Crippen molar-refractivity contribution in [3.8, 4) is 6.07 Å². The Kier molecular flexibility index (Phi) is 4.01. The van der Waals surface area contributed by atoms with Crippen molar-refractivity contribution >= 4 is 17.4 Å². The highest BCUT2D eigenvalue weighted by Gasteiger charge is 2.13. The van der Waals surface area contributed by atoms with Gasteiger partial charge in [-0.1, -0.05) is 17.8 Å². The molecular formula is C8H10N4OS. The summed E-state index contributed by atoms with van der Waals surface area (Å²) >= 11 is 1.02. The lowest BCUT2D eigenvalue weighted by molar-refractivity contribution is 0.0948. The van der Waals surface area contributed by atoms with Gasteiger partial charge >= 0.3 is 0 Å². The van der Waals surface area contributed by atoms with E-state index in [-0.39, 0.29) is 5.91 Å². The lowest BCUT2D eigenvalue weighted by atomic mass is 10.2. The van der Waals surface area contributed by atoms with Crippen molar-refractivity contribution in [2.24, 2.45) is 0 Å². The van der Waals surface area contributed by atoms with E-state index in [4.69, 9.17) is 5.26 Å². The molecule has 0 aliphatic carbocycles. The summed E-state index contributed by atoms with van der Waals surface area (Å²) in [6.45, 7) is 1.96. The van der Waals surface area contributed by atoms with E-state index < -0.39 is 6.04 Å². The zero-order valence-electron chi connectivity index (χ0n) is 7.73. The predicted molar refractivity (Wildman–Crippen MR) is 51.7 cm³/mol. The predicted octanol–water partition coefficient (Wildman–Crippen LogP) is 0.960. The van der Waals surface area contributed by atoms with Gasteiger partial charge in [0.15, 0.2) is 0 Å². The third-order valence-corrected chi connectivity index (χ3v) is 2.29. The van der Waals surface area contributed by atoms with Gasteiger partial charge in [-0.25, -0.2) is 0 Å². The van der Waals surface area contributed by atoms with Gasteiger partial charge in [0.25, 0.3) is 5.91 Å². The number of nitriles is 1. The van der Waals surface area contributed by atoms with Gasteiger partial charge in [0.2, 0.25) is 0 Å². The molecular weight excluding hydrogens is 200 g/mol. The summed E-state index contributed by atoms with van der Waals surface area (Å²) in [6.07, 6.45) is 2.91. The maximum atomic E-state index is 11.4. The van der Waals surface area contributed by atoms with E-state index >= 15 is 0 Å². The van der Waals surface area contributed by atoms with Crippen molar-refractivity contribution in [1.29, 1.82) is 5.26 Å². The number of nitrogens with zero attached hydrogens (tertiary/aromatic N) is 3. The van der Waals surface area contributed by atoms with E-state index in [0.717, 1.165) is 18.0 Å². The van der Waals surface area contributed by atoms with E-state index in [1.807, 2.05) is 13.0 Å². The second-order valence-corrected chi connectivity index (χ2v) is 3.51. The molecule has 1 unspecified atom stereocenters. The third-order valence-electron chi connectivity index (χ3n) is 1.62. The molecule has 1 aromatic heterocycles. The molecule has 1 aromatic rings. The van der Waals surface area contributed by atoms with Crippen LogP contribution in [-0.4, -0.2) is 21.5 Å². The molecule has 0 saturated carbocycles. The van der Waals surface area contributed by atoms with Crippen LogP contribution >= 0.6 is 11.5 Å². The highest BCUT2D eigenvalue weighted by atomic mass is 32.1. The number of nitrogens with one attached hydrogen (secondary N) is 1. The van der Waals surface area contributed by atoms with Crippen molar-refractivity contribution in [1.82, 2.24) is 14.9 Å². The van der Waals surface area contributed by atoms with Gasteiger partial charge in [0, 0.05) is 0 Å². The summed E-state index contributed by atoms with van der Waals surface area (Å²) < 4.78 is 3.57. The maximum Gasteiger partial charge on any atom is 0.265 e. The molecule has 0 fully saturated rings. The summed E-state index contributed by atoms with van der Waals surface area (Å²) in [5.74, 6) is -0.278. The second-order valence-electron chi connectivity index (χ2n) is 2.73. The zero-order chi connectivity index (χ0) is 10.4. The lowest BCUT2D eigenvalue weighted by Crippen LogP contribution is -2.33. The number of aromatic nitrogens is 2. The molecule has 0 aliphatic heterocycles. The average Bonchev–Trinajstić information content (AvgIpc) is 2.69. The molecule has 5 nitrogen and oxygen atoms in total. The van der Waals surface area contributed by atoms with Crippen LogP contribution in [-0.2, 0) is 0 Å². The van der Waals surface area contributed by atoms with Crippen LogP contribution in [0.3, 0.4) is 0 Å². The molecule has 0 bridgehead atoms. The van der Waals surface area contributed by atoms with Gasteiger partial charge in [0.1, 0.15) is 10.9 Å². The lowest BCUT2D eigenvalue weighted by Gasteiger charge is -2.08. The van der Waals surface area contributed by atoms with Gasteiger partial charge in [0.05, 0.1) is 12.3 Å². The Hall–Kier alpha value is -1.48. The minimum absolute atomic E-state index is 0.278. The van der Waals surface area contributed by atoms with Crippen molar-refractivity contribution in [2.45, 2.75) is 25.8 Å². The topological polar surface area (TPSA) is 78.7 Å². The van der Waals surface area contributed by atoms with E-state index in [0.29, 0.717) is 11.3 Å². The maximum absolute atomic E-state index is 11.4. The van der Waals surface area contributed by atoms with E-state index in [9.17, 15) is 4.79 Å². The molecule has 0 radical (unpaired) electrons. The van der Waals surface area contributed by atoms with Crippen LogP contribution in [0.5, 0.6) is 0 Å². The molecule has 0 aliphatic rings. The van der Waals surface area contributed by atoms with Crippen LogP contribution in [0, 0.1) is 11.3 Å². The molecule has 1 amide bonds. The molecule has 1 heterocycles. The summed E-state index contributed by atoms with van der Waals surface area (Å²) in [7, 11) is 0. The van der Waals surface area contributed by atoms with E-state index in [1.165, 1.54) is 6.20 Å². The Morgan fingerprint density at radius 3 is 3.14 bits per heavy atom. The largest absolute Gasteiger partial charge is 0.335 e. The first kappa shape index (κ1) is 10.6. The highest BCUT2D eigenvalue weighted by Crippen LogP contribution is 2.03. The quantitative estimate of drug-likeness (QED) is 0.802. The molecule has 0 aromatic carbocycles. The molecule has 0 spiro atoms. The Labute approximate surface area is 85.9 Å². The molecule has 1 rings (SSSR count). The van der Waals surface area contributed by atoms with Gasteiger partial charge in [-0.15, -0.1) is 5.10 Å². The molecule has 14 heavy (non-hydrogen) atoms. The molecule has 0 saturated heterocycles. The van der Waals surface area contributed by atoms with Gasteiger partial charge < -0.3 is 5.32 Å². The summed E-state index contributed by atoms with van der Waals surface area (Å²) in [6, 6.07) is 1.61. The summed E-state index contributed by atoms with van der Waals surface area (Å²) in [4.78, 5) is 11.8. The molecule has 1 N–H and O–H groups in total. The fourth-order valence-electron chi connectivity index (χ4n) is 0.954. The SMILES string of the molecule is CCCC(C#N)NC(=O)c1cnns1. The van der Waals surface area contributed by atoms with Gasteiger partial charge in [-0.2, -0.15) is 5.26 Å². The fraction of sp³-hybridized carbons (Fsp3) is 0.500. The number of hydrogen-bond acceptors (Lipinski definition) is 5. The summed E-state index contributed by atoms with van der Waals surface area (Å²) in [5, 5.41) is 14.9. The van der Waals surface area contributed by atoms with Crippen molar-refractivity contribution in [3.05, 3.63) is 11.1 Å². The standard InChI is InChI=1S/C8H10N4OS/c1-2-3-6(4-9)11-8(13)7-5-10-12-14-7/h5-6H,2-3H2,1H3,(H,11,13). The average molecular weight is 210 g/mol. The molecule has 6 heteroatoms. The Morgan fingerprint density at radius 1 is 1.86 bits per heavy atom. The molecule has 74 valence electrons. The van der Waals surface area contributed by atoms with Crippen molar-refractivity contribution < 1.29 is 4.79 Å². The van der Waals surface area contributed by atoms with E-state index in [1.54, 1.807) is 0 Å². The van der Waals surface area contributed by atoms with Crippen molar-refractivity contribution in [3.63, 3.8) is 0 Å². The van der Waals surface area contributed by atoms with Crippen LogP contribution in [0.1, 0.15) is 29.4 Å². The smallest absolute Gasteiger partial charge is 0.265 e. The van der Waals surface area contributed by atoms with Crippen LogP contribution < -0.4 is 5.32 Å². The number of rotatable bonds is 4. The Morgan fingerprint density at radius 2 is 2.64 bits per heavy atom. The Bertz CT molecular complexity index is 330. The normalized spacial score (nSPS) is 11.7. The zero-order valence-corrected chi connectivity index (χ0v) is 8.54. The summed E-state index contributed by atoms with van der Waals surface area (Å²) in [5.41, 5.74) is 0. The minimum Gasteiger partial charge on any atom is -0.335 e. The molecule has 1 atom stereocenters. The van der Waals surface area contributed by atoms with Crippen LogP contribution in [0.25, 0.3) is 0 Å². The van der Waals surface area contributed by atoms with Gasteiger partial charge in [-0.3, -0.25) is 4.79 Å². The first-order chi connectivity index (χ1) is 6.77. The highest BCUT2D eigenvalue weighted by molar-refractivity contribution is 7.07. The van der Waals surface area contributed by atoms with Gasteiger partial charge in [-0.05, 0) is 18.0 Å². The minimum atomic E-state index is -0.422. The number of hydrogen-bond donors (Lipinski definition) is 1. The fourth-order valence-corrected chi connectivity index (χ4v) is 1.37. The Balaban J connectivity index is 2.52. The number of carbonyl (C=O) groups is 1.